The van der Waals surface area contributed by atoms with E-state index in [-0.39, 0.29) is 41.0 Å². The van der Waals surface area contributed by atoms with E-state index in [0.717, 1.165) is 5.56 Å². The van der Waals surface area contributed by atoms with Crippen LogP contribution in [0.5, 0.6) is 11.5 Å². The Bertz CT molecular complexity index is 1310. The molecule has 0 amide bonds. The summed E-state index contributed by atoms with van der Waals surface area (Å²) >= 11 is 0. The number of nitrogens with zero attached hydrogens (tertiary/aromatic N) is 2. The maximum absolute atomic E-state index is 13.5. The van der Waals surface area contributed by atoms with Gasteiger partial charge in [0.1, 0.15) is 27.4 Å². The topological polar surface area (TPSA) is 113 Å². The fourth-order valence-electron chi connectivity index (χ4n) is 4.11. The van der Waals surface area contributed by atoms with Crippen LogP contribution in [0.4, 0.5) is 0 Å². The third kappa shape index (κ3) is 5.60. The van der Waals surface area contributed by atoms with Crippen molar-refractivity contribution in [2.45, 2.75) is 42.7 Å². The molecule has 0 aromatic heterocycles. The molecule has 198 valence electrons. The van der Waals surface area contributed by atoms with E-state index in [0.29, 0.717) is 0 Å². The summed E-state index contributed by atoms with van der Waals surface area (Å²) in [7, 11) is -5.04. The van der Waals surface area contributed by atoms with Crippen LogP contribution in [-0.4, -0.2) is 76.6 Å². The molecule has 9 nitrogen and oxygen atoms in total. The molecule has 2 aromatic rings. The standard InChI is InChI=1S/C25H34N2O7S2/c1-6-9-20-12-13-25-22(14-20)34-23(18(2)15-27(19(3)17-28)36(25,31)32)16-26(4)35(29,30)24-11-8-7-10-21(24)33-5/h6-14,18-19,23,28H,15-17H2,1-5H3/b9-6+/t18-,19+,23-/m1/s1. The van der Waals surface area contributed by atoms with Gasteiger partial charge in [0.15, 0.2) is 0 Å². The number of rotatable bonds is 8. The van der Waals surface area contributed by atoms with Crippen LogP contribution in [-0.2, 0) is 20.0 Å². The molecule has 0 spiro atoms. The molecule has 0 radical (unpaired) electrons. The molecule has 0 saturated heterocycles. The Morgan fingerprint density at radius 1 is 1.28 bits per heavy atom. The highest BCUT2D eigenvalue weighted by atomic mass is 32.2. The van der Waals surface area contributed by atoms with E-state index in [1.807, 2.05) is 26.0 Å². The first kappa shape index (κ1) is 28.1. The van der Waals surface area contributed by atoms with Crippen LogP contribution < -0.4 is 9.47 Å². The summed E-state index contributed by atoms with van der Waals surface area (Å²) < 4.78 is 67.8. The van der Waals surface area contributed by atoms with Gasteiger partial charge >= 0.3 is 0 Å². The molecule has 2 aromatic carbocycles. The minimum absolute atomic E-state index is 0.0248. The average Bonchev–Trinajstić information content (AvgIpc) is 2.85. The van der Waals surface area contributed by atoms with Crippen LogP contribution in [0, 0.1) is 5.92 Å². The number of hydrogen-bond acceptors (Lipinski definition) is 7. The number of para-hydroxylation sites is 1. The number of allylic oxidation sites excluding steroid dienone is 1. The van der Waals surface area contributed by atoms with Crippen molar-refractivity contribution < 1.29 is 31.4 Å². The molecular formula is C25H34N2O7S2. The molecule has 0 bridgehead atoms. The number of sulfonamides is 2. The third-order valence-corrected chi connectivity index (χ3v) is 10.1. The van der Waals surface area contributed by atoms with E-state index in [1.54, 1.807) is 37.3 Å². The van der Waals surface area contributed by atoms with Gasteiger partial charge in [-0.3, -0.25) is 0 Å². The molecule has 0 saturated carbocycles. The highest BCUT2D eigenvalue weighted by molar-refractivity contribution is 7.89. The van der Waals surface area contributed by atoms with E-state index in [2.05, 4.69) is 0 Å². The lowest BCUT2D eigenvalue weighted by Gasteiger charge is -2.37. The lowest BCUT2D eigenvalue weighted by Crippen LogP contribution is -2.50. The van der Waals surface area contributed by atoms with Crippen molar-refractivity contribution in [1.82, 2.24) is 8.61 Å². The minimum Gasteiger partial charge on any atom is -0.495 e. The molecule has 0 fully saturated rings. The Balaban J connectivity index is 2.06. The zero-order chi connectivity index (χ0) is 26.7. The van der Waals surface area contributed by atoms with Crippen molar-refractivity contribution >= 4 is 26.1 Å². The van der Waals surface area contributed by atoms with Crippen LogP contribution in [0.3, 0.4) is 0 Å². The second-order valence-corrected chi connectivity index (χ2v) is 12.8. The van der Waals surface area contributed by atoms with Gasteiger partial charge in [0.05, 0.1) is 20.3 Å². The molecule has 1 heterocycles. The van der Waals surface area contributed by atoms with Crippen molar-refractivity contribution in [2.24, 2.45) is 5.92 Å². The molecule has 36 heavy (non-hydrogen) atoms. The predicted octanol–water partition coefficient (Wildman–Crippen LogP) is 2.82. The summed E-state index contributed by atoms with van der Waals surface area (Å²) in [5, 5.41) is 9.78. The van der Waals surface area contributed by atoms with Gasteiger partial charge in [-0.1, -0.05) is 37.3 Å². The summed E-state index contributed by atoms with van der Waals surface area (Å²) in [5.41, 5.74) is 0.746. The SMILES string of the molecule is C/C=C/c1ccc2c(c1)O[C@H](CN(C)S(=O)(=O)c1ccccc1OC)[C@H](C)CN([C@@H](C)CO)S2(=O)=O. The highest BCUT2D eigenvalue weighted by Gasteiger charge is 2.39. The van der Waals surface area contributed by atoms with Gasteiger partial charge < -0.3 is 14.6 Å². The average molecular weight is 539 g/mol. The largest absolute Gasteiger partial charge is 0.495 e. The molecule has 1 aliphatic heterocycles. The smallest absolute Gasteiger partial charge is 0.247 e. The maximum atomic E-state index is 13.5. The number of aliphatic hydroxyl groups excluding tert-OH is 1. The second kappa shape index (κ2) is 11.3. The minimum atomic E-state index is -3.98. The summed E-state index contributed by atoms with van der Waals surface area (Å²) in [6.07, 6.45) is 2.97. The number of hydrogen-bond donors (Lipinski definition) is 1. The fraction of sp³-hybridized carbons (Fsp3) is 0.440. The van der Waals surface area contributed by atoms with Gasteiger partial charge in [0.2, 0.25) is 20.0 Å². The number of methoxy groups -OCH3 is 1. The van der Waals surface area contributed by atoms with E-state index >= 15 is 0 Å². The summed E-state index contributed by atoms with van der Waals surface area (Å²) in [6.45, 7) is 4.95. The maximum Gasteiger partial charge on any atom is 0.247 e. The molecule has 3 atom stereocenters. The number of aliphatic hydroxyl groups is 1. The zero-order valence-corrected chi connectivity index (χ0v) is 22.8. The summed E-state index contributed by atoms with van der Waals surface area (Å²) in [5.74, 6) is -0.0330. The normalized spacial score (nSPS) is 21.4. The first-order valence-electron chi connectivity index (χ1n) is 11.6. The molecule has 0 aliphatic carbocycles. The Kier molecular flexibility index (Phi) is 8.84. The van der Waals surface area contributed by atoms with E-state index in [1.165, 1.54) is 34.9 Å². The van der Waals surface area contributed by atoms with Gasteiger partial charge in [-0.25, -0.2) is 16.8 Å². The van der Waals surface area contributed by atoms with Gasteiger partial charge in [-0.2, -0.15) is 8.61 Å². The van der Waals surface area contributed by atoms with Gasteiger partial charge in [0.25, 0.3) is 0 Å². The van der Waals surface area contributed by atoms with Crippen molar-refractivity contribution in [2.75, 3.05) is 33.9 Å². The number of benzene rings is 2. The number of fused-ring (bicyclic) bond motifs is 1. The second-order valence-electron chi connectivity index (χ2n) is 8.88. The first-order valence-corrected chi connectivity index (χ1v) is 14.5. The van der Waals surface area contributed by atoms with E-state index in [9.17, 15) is 21.9 Å². The molecule has 3 rings (SSSR count). The van der Waals surface area contributed by atoms with Gasteiger partial charge in [-0.05, 0) is 43.7 Å². The van der Waals surface area contributed by atoms with Crippen LogP contribution in [0.25, 0.3) is 6.08 Å². The Morgan fingerprint density at radius 3 is 2.61 bits per heavy atom. The Labute approximate surface area is 214 Å². The summed E-state index contributed by atoms with van der Waals surface area (Å²) in [4.78, 5) is 0.00515. The van der Waals surface area contributed by atoms with Crippen LogP contribution in [0.2, 0.25) is 0 Å². The first-order chi connectivity index (χ1) is 17.0. The number of ether oxygens (including phenoxy) is 2. The van der Waals surface area contributed by atoms with Crippen molar-refractivity contribution in [3.8, 4) is 11.5 Å². The lowest BCUT2D eigenvalue weighted by atomic mass is 10.0. The van der Waals surface area contributed by atoms with Crippen molar-refractivity contribution in [3.05, 3.63) is 54.1 Å². The molecule has 0 unspecified atom stereocenters. The van der Waals surface area contributed by atoms with E-state index < -0.39 is 38.1 Å². The van der Waals surface area contributed by atoms with E-state index in [4.69, 9.17) is 9.47 Å². The van der Waals surface area contributed by atoms with Crippen molar-refractivity contribution in [3.63, 3.8) is 0 Å². The van der Waals surface area contributed by atoms with Crippen molar-refractivity contribution in [1.29, 1.82) is 0 Å². The molecular weight excluding hydrogens is 504 g/mol. The van der Waals surface area contributed by atoms with Crippen LogP contribution in [0.1, 0.15) is 26.3 Å². The Hall–Kier alpha value is -2.44. The molecule has 11 heteroatoms. The van der Waals surface area contributed by atoms with Gasteiger partial charge in [-0.15, -0.1) is 0 Å². The highest BCUT2D eigenvalue weighted by Crippen LogP contribution is 2.35. The Morgan fingerprint density at radius 2 is 1.97 bits per heavy atom. The van der Waals surface area contributed by atoms with Gasteiger partial charge in [0, 0.05) is 25.6 Å². The fourth-order valence-corrected chi connectivity index (χ4v) is 7.27. The zero-order valence-electron chi connectivity index (χ0n) is 21.2. The summed E-state index contributed by atoms with van der Waals surface area (Å²) in [6, 6.07) is 10.5. The monoisotopic (exact) mass is 538 g/mol. The third-order valence-electron chi connectivity index (χ3n) is 6.24. The van der Waals surface area contributed by atoms with Crippen LogP contribution in [0.15, 0.2) is 58.3 Å². The lowest BCUT2D eigenvalue weighted by molar-refractivity contribution is 0.0904. The molecule has 1 N–H and O–H groups in total. The van der Waals surface area contributed by atoms with Crippen LogP contribution >= 0.6 is 0 Å². The number of likely N-dealkylation sites (N-methyl/N-ethyl adjacent to an activating group) is 1. The quantitative estimate of drug-likeness (QED) is 0.550. The molecule has 1 aliphatic rings. The predicted molar refractivity (Wildman–Crippen MR) is 138 cm³/mol.